The summed E-state index contributed by atoms with van der Waals surface area (Å²) in [7, 11) is 1.28. The van der Waals surface area contributed by atoms with Gasteiger partial charge in [0.25, 0.3) is 0 Å². The molecule has 1 aliphatic carbocycles. The van der Waals surface area contributed by atoms with E-state index in [1.165, 1.54) is 13.2 Å². The number of hydrogen-bond donors (Lipinski definition) is 0. The quantitative estimate of drug-likeness (QED) is 0.196. The summed E-state index contributed by atoms with van der Waals surface area (Å²) in [5.74, 6) is -12.7. The van der Waals surface area contributed by atoms with Crippen LogP contribution in [0.5, 0.6) is 0 Å². The molecule has 0 saturated heterocycles. The van der Waals surface area contributed by atoms with Crippen LogP contribution in [0.2, 0.25) is 0 Å². The van der Waals surface area contributed by atoms with Crippen LogP contribution < -0.4 is 0 Å². The smallest absolute Gasteiger partial charge is 0.310 e. The maximum Gasteiger partial charge on any atom is 0.310 e. The summed E-state index contributed by atoms with van der Waals surface area (Å²) in [4.78, 5) is 12.1. The van der Waals surface area contributed by atoms with E-state index in [9.17, 15) is 26.7 Å². The molecule has 0 aromatic heterocycles. The largest absolute Gasteiger partial charge is 0.487 e. The van der Waals surface area contributed by atoms with Gasteiger partial charge in [-0.25, -0.2) is 22.0 Å². The van der Waals surface area contributed by atoms with Crippen molar-refractivity contribution < 1.29 is 36.2 Å². The molecule has 140 valence electrons. The molecule has 2 rings (SSSR count). The first-order valence-corrected chi connectivity index (χ1v) is 7.40. The van der Waals surface area contributed by atoms with Gasteiger partial charge in [0.05, 0.1) is 18.6 Å². The molecule has 0 aliphatic heterocycles. The number of nitriles is 1. The highest BCUT2D eigenvalue weighted by molar-refractivity contribution is 5.78. The number of halogens is 5. The first-order chi connectivity index (χ1) is 12.1. The maximum atomic E-state index is 13.6. The van der Waals surface area contributed by atoms with Crippen LogP contribution in [-0.2, 0) is 20.9 Å². The van der Waals surface area contributed by atoms with Crippen LogP contribution in [0.3, 0.4) is 0 Å². The molecule has 26 heavy (non-hydrogen) atoms. The van der Waals surface area contributed by atoms with Gasteiger partial charge in [-0.15, -0.1) is 0 Å². The molecule has 1 saturated carbocycles. The predicted octanol–water partition coefficient (Wildman–Crippen LogP) is 3.75. The van der Waals surface area contributed by atoms with Crippen LogP contribution in [0.4, 0.5) is 22.0 Å². The van der Waals surface area contributed by atoms with E-state index in [1.54, 1.807) is 19.9 Å². The molecule has 1 aliphatic rings. The van der Waals surface area contributed by atoms with Gasteiger partial charge in [0.15, 0.2) is 29.0 Å². The van der Waals surface area contributed by atoms with Gasteiger partial charge in [-0.1, -0.05) is 13.8 Å². The van der Waals surface area contributed by atoms with Gasteiger partial charge in [0.1, 0.15) is 12.7 Å². The zero-order chi connectivity index (χ0) is 19.8. The van der Waals surface area contributed by atoms with Crippen molar-refractivity contribution in [1.29, 1.82) is 5.26 Å². The molecule has 1 aromatic rings. The Balaban J connectivity index is 2.16. The predicted molar refractivity (Wildman–Crippen MR) is 77.5 cm³/mol. The fraction of sp³-hybridized carbons (Fsp3) is 0.412. The minimum Gasteiger partial charge on any atom is -0.487 e. The van der Waals surface area contributed by atoms with E-state index >= 15 is 0 Å². The van der Waals surface area contributed by atoms with Crippen molar-refractivity contribution in [2.45, 2.75) is 20.5 Å². The van der Waals surface area contributed by atoms with E-state index in [-0.39, 0.29) is 5.76 Å². The van der Waals surface area contributed by atoms with Crippen LogP contribution in [0.15, 0.2) is 11.8 Å². The fourth-order valence-corrected chi connectivity index (χ4v) is 2.76. The summed E-state index contributed by atoms with van der Waals surface area (Å²) in [5, 5.41) is 8.84. The Morgan fingerprint density at radius 1 is 1.12 bits per heavy atom. The number of carbonyl (C=O) groups excluding carboxylic acids is 1. The third kappa shape index (κ3) is 3.23. The fourth-order valence-electron chi connectivity index (χ4n) is 2.76. The van der Waals surface area contributed by atoms with Crippen molar-refractivity contribution in [3.05, 3.63) is 46.5 Å². The summed E-state index contributed by atoms with van der Waals surface area (Å²) in [6.45, 7) is 2.29. The lowest BCUT2D eigenvalue weighted by molar-refractivity contribution is -0.147. The lowest BCUT2D eigenvalue weighted by Crippen LogP contribution is -2.14. The van der Waals surface area contributed by atoms with Gasteiger partial charge < -0.3 is 9.47 Å². The van der Waals surface area contributed by atoms with E-state index in [0.717, 1.165) is 0 Å². The summed E-state index contributed by atoms with van der Waals surface area (Å²) in [5.41, 5.74) is -1.84. The highest BCUT2D eigenvalue weighted by atomic mass is 19.2. The van der Waals surface area contributed by atoms with Crippen LogP contribution in [0, 0.1) is 57.7 Å². The van der Waals surface area contributed by atoms with Crippen molar-refractivity contribution in [2.75, 3.05) is 7.11 Å². The molecule has 2 atom stereocenters. The molecule has 0 radical (unpaired) electrons. The van der Waals surface area contributed by atoms with E-state index < -0.39 is 64.5 Å². The second-order valence-corrected chi connectivity index (χ2v) is 6.33. The van der Waals surface area contributed by atoms with Gasteiger partial charge in [-0.3, -0.25) is 4.79 Å². The first-order valence-electron chi connectivity index (χ1n) is 7.40. The monoisotopic (exact) mass is 375 g/mol. The average Bonchev–Trinajstić information content (AvgIpc) is 3.15. The standard InChI is InChI=1S/C17H14F5NO3/c1-17(2)9(4-7(5-23)25-3)10(17)16(24)26-6-8-11(18)13(20)15(22)14(21)12(8)19/h4,9-10H,6H2,1-3H3/b7-4+/t9-,10+/m1/s1. The number of hydrogen-bond acceptors (Lipinski definition) is 4. The molecule has 9 heteroatoms. The van der Waals surface area contributed by atoms with Crippen LogP contribution in [-0.4, -0.2) is 13.1 Å². The molecule has 0 heterocycles. The third-order valence-corrected chi connectivity index (χ3v) is 4.49. The topological polar surface area (TPSA) is 59.3 Å². The Morgan fingerprint density at radius 2 is 1.62 bits per heavy atom. The van der Waals surface area contributed by atoms with Crippen molar-refractivity contribution in [2.24, 2.45) is 17.3 Å². The summed E-state index contributed by atoms with van der Waals surface area (Å²) in [6.07, 6.45) is 1.42. The average molecular weight is 375 g/mol. The highest BCUT2D eigenvalue weighted by Gasteiger charge is 2.62. The number of allylic oxidation sites excluding steroid dienone is 2. The highest BCUT2D eigenvalue weighted by Crippen LogP contribution is 2.59. The second-order valence-electron chi connectivity index (χ2n) is 6.33. The molecular weight excluding hydrogens is 361 g/mol. The molecular formula is C17H14F5NO3. The molecule has 0 bridgehead atoms. The number of nitrogens with zero attached hydrogens (tertiary/aromatic N) is 1. The SMILES string of the molecule is CO/C(C#N)=C/[C@@H]1[C@@H](C(=O)OCc2c(F)c(F)c(F)c(F)c2F)C1(C)C. The molecule has 1 aromatic carbocycles. The second kappa shape index (κ2) is 6.94. The Labute approximate surface area is 145 Å². The van der Waals surface area contributed by atoms with Crippen molar-refractivity contribution >= 4 is 5.97 Å². The number of rotatable bonds is 5. The van der Waals surface area contributed by atoms with Crippen LogP contribution in [0.25, 0.3) is 0 Å². The van der Waals surface area contributed by atoms with E-state index in [4.69, 9.17) is 14.7 Å². The van der Waals surface area contributed by atoms with Gasteiger partial charge in [-0.2, -0.15) is 5.26 Å². The van der Waals surface area contributed by atoms with E-state index in [1.807, 2.05) is 0 Å². The lowest BCUT2D eigenvalue weighted by atomic mass is 10.1. The normalized spacial score (nSPS) is 21.1. The number of esters is 1. The zero-order valence-electron chi connectivity index (χ0n) is 14.0. The summed E-state index contributed by atoms with van der Waals surface area (Å²) < 4.78 is 76.0. The van der Waals surface area contributed by atoms with E-state index in [0.29, 0.717) is 0 Å². The van der Waals surface area contributed by atoms with E-state index in [2.05, 4.69) is 0 Å². The Morgan fingerprint density at radius 3 is 2.08 bits per heavy atom. The minimum atomic E-state index is -2.28. The third-order valence-electron chi connectivity index (χ3n) is 4.49. The number of carbonyl (C=O) groups is 1. The maximum absolute atomic E-state index is 13.6. The molecule has 4 nitrogen and oxygen atoms in total. The molecule has 0 unspecified atom stereocenters. The Kier molecular flexibility index (Phi) is 5.26. The first kappa shape index (κ1) is 19.7. The van der Waals surface area contributed by atoms with Crippen molar-refractivity contribution in [1.82, 2.24) is 0 Å². The number of ether oxygens (including phenoxy) is 2. The van der Waals surface area contributed by atoms with Crippen LogP contribution in [0.1, 0.15) is 19.4 Å². The lowest BCUT2D eigenvalue weighted by Gasteiger charge is -2.09. The van der Waals surface area contributed by atoms with Gasteiger partial charge in [0.2, 0.25) is 5.82 Å². The minimum absolute atomic E-state index is 0.0156. The zero-order valence-corrected chi connectivity index (χ0v) is 14.0. The van der Waals surface area contributed by atoms with Crippen LogP contribution >= 0.6 is 0 Å². The van der Waals surface area contributed by atoms with Crippen molar-refractivity contribution in [3.63, 3.8) is 0 Å². The summed E-state index contributed by atoms with van der Waals surface area (Å²) in [6, 6.07) is 1.78. The molecule has 0 N–H and O–H groups in total. The Hall–Kier alpha value is -2.63. The van der Waals surface area contributed by atoms with Gasteiger partial charge >= 0.3 is 5.97 Å². The molecule has 0 spiro atoms. The van der Waals surface area contributed by atoms with Crippen molar-refractivity contribution in [3.8, 4) is 6.07 Å². The molecule has 1 fully saturated rings. The van der Waals surface area contributed by atoms with Gasteiger partial charge in [-0.05, 0) is 11.5 Å². The summed E-state index contributed by atoms with van der Waals surface area (Å²) >= 11 is 0. The Bertz CT molecular complexity index is 800. The number of benzene rings is 1. The molecule has 0 amide bonds. The number of methoxy groups -OCH3 is 1. The van der Waals surface area contributed by atoms with Gasteiger partial charge in [0, 0.05) is 5.92 Å².